The van der Waals surface area contributed by atoms with Gasteiger partial charge in [0, 0.05) is 18.1 Å². The van der Waals surface area contributed by atoms with Gasteiger partial charge in [-0.3, -0.25) is 9.59 Å². The van der Waals surface area contributed by atoms with Crippen molar-refractivity contribution in [1.29, 1.82) is 5.26 Å². The second-order valence-electron chi connectivity index (χ2n) is 10.3. The Balaban J connectivity index is 1.54. The molecule has 6 atom stereocenters. The number of nitrogens with one attached hydrogen (secondary N) is 1. The molecule has 5 heteroatoms. The number of carbonyl (C=O) groups excluding carboxylic acids is 2. The van der Waals surface area contributed by atoms with E-state index in [2.05, 4.69) is 24.4 Å². The zero-order valence-electron chi connectivity index (χ0n) is 18.0. The van der Waals surface area contributed by atoms with E-state index in [4.69, 9.17) is 5.26 Å². The van der Waals surface area contributed by atoms with E-state index in [0.29, 0.717) is 30.0 Å². The molecule has 0 aromatic heterocycles. The average molecular weight is 396 g/mol. The first-order valence-electron chi connectivity index (χ1n) is 11.2. The molecule has 0 saturated heterocycles. The van der Waals surface area contributed by atoms with Crippen molar-refractivity contribution < 1.29 is 9.59 Å². The van der Waals surface area contributed by atoms with Crippen LogP contribution in [0.2, 0.25) is 0 Å². The highest BCUT2D eigenvalue weighted by molar-refractivity contribution is 5.91. The van der Waals surface area contributed by atoms with Gasteiger partial charge < -0.3 is 0 Å². The third-order valence-corrected chi connectivity index (χ3v) is 9.06. The average Bonchev–Trinajstić information content (AvgIpc) is 3.04. The van der Waals surface area contributed by atoms with Gasteiger partial charge in [0.15, 0.2) is 5.78 Å². The van der Waals surface area contributed by atoms with Crippen molar-refractivity contribution in [3.8, 4) is 6.07 Å². The molecule has 5 nitrogen and oxygen atoms in total. The van der Waals surface area contributed by atoms with Crippen molar-refractivity contribution in [2.45, 2.75) is 78.6 Å². The van der Waals surface area contributed by atoms with Gasteiger partial charge >= 0.3 is 0 Å². The van der Waals surface area contributed by atoms with E-state index in [1.165, 1.54) is 31.3 Å². The van der Waals surface area contributed by atoms with Gasteiger partial charge in [-0.1, -0.05) is 19.4 Å². The van der Waals surface area contributed by atoms with Crippen molar-refractivity contribution in [1.82, 2.24) is 5.43 Å². The minimum absolute atomic E-state index is 0.151. The Morgan fingerprint density at radius 2 is 2.00 bits per heavy atom. The van der Waals surface area contributed by atoms with Crippen LogP contribution in [0.5, 0.6) is 0 Å². The first kappa shape index (κ1) is 20.3. The van der Waals surface area contributed by atoms with Crippen LogP contribution in [0.25, 0.3) is 0 Å². The van der Waals surface area contributed by atoms with E-state index in [1.807, 2.05) is 19.1 Å². The fourth-order valence-corrected chi connectivity index (χ4v) is 7.59. The number of amides is 1. The van der Waals surface area contributed by atoms with Gasteiger partial charge in [0.25, 0.3) is 5.91 Å². The lowest BCUT2D eigenvalue weighted by Gasteiger charge is -2.58. The first-order valence-corrected chi connectivity index (χ1v) is 11.2. The van der Waals surface area contributed by atoms with Crippen LogP contribution in [0.1, 0.15) is 78.6 Å². The molecule has 1 amide bonds. The van der Waals surface area contributed by atoms with Crippen LogP contribution in [-0.4, -0.2) is 17.4 Å². The summed E-state index contributed by atoms with van der Waals surface area (Å²) < 4.78 is 0. The van der Waals surface area contributed by atoms with Gasteiger partial charge in [-0.25, -0.2) is 5.43 Å². The number of carbonyl (C=O) groups is 2. The Morgan fingerprint density at radius 3 is 2.76 bits per heavy atom. The number of nitrogens with zero attached hydrogens (tertiary/aromatic N) is 2. The van der Waals surface area contributed by atoms with E-state index in [0.717, 1.165) is 30.9 Å². The molecule has 0 aliphatic heterocycles. The maximum absolute atomic E-state index is 12.0. The quantitative estimate of drug-likeness (QED) is 0.562. The summed E-state index contributed by atoms with van der Waals surface area (Å²) in [5.74, 6) is 2.51. The van der Waals surface area contributed by atoms with Crippen LogP contribution in [0, 0.1) is 45.8 Å². The van der Waals surface area contributed by atoms with E-state index in [-0.39, 0.29) is 23.2 Å². The Bertz CT molecular complexity index is 822. The highest BCUT2D eigenvalue weighted by Gasteiger charge is 2.59. The summed E-state index contributed by atoms with van der Waals surface area (Å²) in [6.45, 7) is 6.90. The number of nitriles is 1. The predicted molar refractivity (Wildman–Crippen MR) is 112 cm³/mol. The third kappa shape index (κ3) is 3.25. The molecule has 4 aliphatic carbocycles. The lowest BCUT2D eigenvalue weighted by Crippen LogP contribution is -2.51. The summed E-state index contributed by atoms with van der Waals surface area (Å²) in [6, 6.07) is 1.87. The highest BCUT2D eigenvalue weighted by atomic mass is 16.2. The van der Waals surface area contributed by atoms with Crippen LogP contribution in [-0.2, 0) is 9.59 Å². The number of hydrogen-bond donors (Lipinski definition) is 1. The molecule has 0 radical (unpaired) electrons. The summed E-state index contributed by atoms with van der Waals surface area (Å²) in [7, 11) is 0. The Hall–Kier alpha value is -1.96. The zero-order chi connectivity index (χ0) is 20.8. The number of rotatable bonds is 3. The van der Waals surface area contributed by atoms with Crippen LogP contribution in [0.4, 0.5) is 0 Å². The molecule has 1 N–H and O–H groups in total. The second kappa shape index (κ2) is 7.38. The minimum Gasteiger partial charge on any atom is -0.295 e. The van der Waals surface area contributed by atoms with E-state index in [9.17, 15) is 9.59 Å². The van der Waals surface area contributed by atoms with Crippen molar-refractivity contribution in [3.63, 3.8) is 0 Å². The van der Waals surface area contributed by atoms with Crippen molar-refractivity contribution in [2.75, 3.05) is 0 Å². The number of fused-ring (bicyclic) bond motifs is 5. The third-order valence-electron chi connectivity index (χ3n) is 9.06. The summed E-state index contributed by atoms with van der Waals surface area (Å²) >= 11 is 0. The van der Waals surface area contributed by atoms with Crippen LogP contribution in [0.3, 0.4) is 0 Å². The smallest absolute Gasteiger partial charge is 0.254 e. The van der Waals surface area contributed by atoms with Gasteiger partial charge in [0.2, 0.25) is 0 Å². The molecule has 0 aromatic rings. The molecule has 156 valence electrons. The lowest BCUT2D eigenvalue weighted by molar-refractivity contribution is -0.120. The van der Waals surface area contributed by atoms with E-state index >= 15 is 0 Å². The molecule has 3 unspecified atom stereocenters. The Morgan fingerprint density at radius 1 is 1.21 bits per heavy atom. The number of hydrogen-bond acceptors (Lipinski definition) is 4. The van der Waals surface area contributed by atoms with Gasteiger partial charge in [0.1, 0.15) is 6.42 Å². The molecular formula is C24H33N3O2. The molecule has 0 heterocycles. The SMILES string of the molecule is C/C(=N\NC(=O)CC#N)[C@H]1CCC2C3CCC4=CC(=O)CC[C@]4(C)C3CC[C@@]21C. The second-order valence-corrected chi connectivity index (χ2v) is 10.3. The van der Waals surface area contributed by atoms with Crippen LogP contribution < -0.4 is 5.43 Å². The summed E-state index contributed by atoms with van der Waals surface area (Å²) in [5.41, 5.74) is 5.44. The maximum atomic E-state index is 12.0. The molecule has 0 aromatic carbocycles. The van der Waals surface area contributed by atoms with Crippen LogP contribution >= 0.6 is 0 Å². The Labute approximate surface area is 174 Å². The largest absolute Gasteiger partial charge is 0.295 e. The number of hydrazone groups is 1. The van der Waals surface area contributed by atoms with E-state index in [1.54, 1.807) is 0 Å². The number of allylic oxidation sites excluding steroid dienone is 1. The fraction of sp³-hybridized carbons (Fsp3) is 0.750. The fourth-order valence-electron chi connectivity index (χ4n) is 7.59. The monoisotopic (exact) mass is 395 g/mol. The zero-order valence-corrected chi connectivity index (χ0v) is 18.0. The van der Waals surface area contributed by atoms with Gasteiger partial charge in [-0.05, 0) is 86.5 Å². The highest BCUT2D eigenvalue weighted by Crippen LogP contribution is 2.66. The van der Waals surface area contributed by atoms with Crippen molar-refractivity contribution >= 4 is 17.4 Å². The molecule has 0 bridgehead atoms. The predicted octanol–water partition coefficient (Wildman–Crippen LogP) is 4.54. The summed E-state index contributed by atoms with van der Waals surface area (Å²) in [6.07, 6.45) is 10.6. The van der Waals surface area contributed by atoms with E-state index < -0.39 is 0 Å². The first-order chi connectivity index (χ1) is 13.8. The molecule has 4 aliphatic rings. The van der Waals surface area contributed by atoms with Crippen molar-refractivity contribution in [2.24, 2.45) is 39.6 Å². The molecule has 29 heavy (non-hydrogen) atoms. The summed E-state index contributed by atoms with van der Waals surface area (Å²) in [4.78, 5) is 23.6. The van der Waals surface area contributed by atoms with Gasteiger partial charge in [0.05, 0.1) is 6.07 Å². The van der Waals surface area contributed by atoms with Gasteiger partial charge in [-0.2, -0.15) is 10.4 Å². The standard InChI is InChI=1S/C24H33N3O2/c1-15(26-27-22(29)10-13-25)19-6-7-20-18-5-4-16-14-17(28)8-11-23(16,2)21(18)9-12-24(19,20)3/h14,18-21H,4-12H2,1-3H3,(H,27,29)/b26-15+/t18?,19-,20?,21?,23+,24-/m1/s1. The minimum atomic E-state index is -0.332. The van der Waals surface area contributed by atoms with Crippen molar-refractivity contribution in [3.05, 3.63) is 11.6 Å². The normalized spacial score (nSPS) is 41.5. The van der Waals surface area contributed by atoms with Gasteiger partial charge in [-0.15, -0.1) is 0 Å². The van der Waals surface area contributed by atoms with Crippen LogP contribution in [0.15, 0.2) is 16.8 Å². The molecule has 3 fully saturated rings. The maximum Gasteiger partial charge on any atom is 0.254 e. The topological polar surface area (TPSA) is 82.3 Å². The summed E-state index contributed by atoms with van der Waals surface area (Å²) in [5, 5.41) is 13.0. The Kier molecular flexibility index (Phi) is 5.17. The molecule has 0 spiro atoms. The lowest BCUT2D eigenvalue weighted by atomic mass is 9.46. The molecule has 4 rings (SSSR count). The molecular weight excluding hydrogens is 362 g/mol. The number of ketones is 1. The molecule has 3 saturated carbocycles.